The van der Waals surface area contributed by atoms with Gasteiger partial charge in [0.15, 0.2) is 11.8 Å². The van der Waals surface area contributed by atoms with Gasteiger partial charge in [-0.05, 0) is 19.4 Å². The third kappa shape index (κ3) is 4.82. The van der Waals surface area contributed by atoms with E-state index in [1.54, 1.807) is 6.33 Å². The zero-order valence-electron chi connectivity index (χ0n) is 15.8. The summed E-state index contributed by atoms with van der Waals surface area (Å²) < 4.78 is 2.03. The lowest BCUT2D eigenvalue weighted by Gasteiger charge is -2.36. The van der Waals surface area contributed by atoms with E-state index in [0.717, 1.165) is 57.6 Å². The molecule has 26 heavy (non-hydrogen) atoms. The minimum atomic E-state index is 0.556. The van der Waals surface area contributed by atoms with Crippen molar-refractivity contribution < 1.29 is 0 Å². The molecule has 0 saturated carbocycles. The quantitative estimate of drug-likeness (QED) is 0.630. The van der Waals surface area contributed by atoms with Crippen molar-refractivity contribution in [3.63, 3.8) is 0 Å². The van der Waals surface area contributed by atoms with Crippen molar-refractivity contribution in [2.24, 2.45) is 4.99 Å². The molecule has 2 heterocycles. The zero-order valence-corrected chi connectivity index (χ0v) is 15.8. The van der Waals surface area contributed by atoms with Gasteiger partial charge in [-0.2, -0.15) is 0 Å². The summed E-state index contributed by atoms with van der Waals surface area (Å²) in [4.78, 5) is 9.63. The van der Waals surface area contributed by atoms with Gasteiger partial charge in [0.1, 0.15) is 12.9 Å². The Hall–Kier alpha value is -2.41. The van der Waals surface area contributed by atoms with E-state index in [-0.39, 0.29) is 0 Å². The molecule has 140 valence electrons. The van der Waals surface area contributed by atoms with Gasteiger partial charge in [-0.3, -0.25) is 4.90 Å². The third-order valence-corrected chi connectivity index (χ3v) is 4.66. The van der Waals surface area contributed by atoms with Crippen molar-refractivity contribution in [2.45, 2.75) is 33.5 Å². The molecule has 0 amide bonds. The normalized spacial score (nSPS) is 16.1. The molecule has 3 rings (SSSR count). The van der Waals surface area contributed by atoms with Crippen LogP contribution in [0.3, 0.4) is 0 Å². The summed E-state index contributed by atoms with van der Waals surface area (Å²) in [6, 6.07) is 10.7. The molecule has 1 saturated heterocycles. The van der Waals surface area contributed by atoms with Crippen LogP contribution in [0.15, 0.2) is 41.7 Å². The molecule has 1 aromatic heterocycles. The maximum atomic E-state index is 4.79. The SMILES string of the molecule is CCNC(=NCc1nncn1CC)N1CCN(Cc2ccccc2)CC1. The van der Waals surface area contributed by atoms with Crippen LogP contribution in [-0.2, 0) is 19.6 Å². The van der Waals surface area contributed by atoms with E-state index >= 15 is 0 Å². The Morgan fingerprint density at radius 2 is 1.88 bits per heavy atom. The van der Waals surface area contributed by atoms with Crippen molar-refractivity contribution >= 4 is 5.96 Å². The van der Waals surface area contributed by atoms with Crippen molar-refractivity contribution in [3.8, 4) is 0 Å². The molecule has 7 heteroatoms. The number of piperazine rings is 1. The first-order valence-electron chi connectivity index (χ1n) is 9.46. The Morgan fingerprint density at radius 3 is 2.58 bits per heavy atom. The number of aromatic nitrogens is 3. The standard InChI is InChI=1S/C19H29N7/c1-3-20-19(21-14-18-23-22-16-25(18)4-2)26-12-10-24(11-13-26)15-17-8-6-5-7-9-17/h5-9,16H,3-4,10-15H2,1-2H3,(H,20,21). The number of nitrogens with zero attached hydrogens (tertiary/aromatic N) is 6. The number of guanidine groups is 1. The fraction of sp³-hybridized carbons (Fsp3) is 0.526. The van der Waals surface area contributed by atoms with Gasteiger partial charge >= 0.3 is 0 Å². The largest absolute Gasteiger partial charge is 0.357 e. The molecule has 7 nitrogen and oxygen atoms in total. The predicted octanol–water partition coefficient (Wildman–Crippen LogP) is 1.58. The molecule has 0 radical (unpaired) electrons. The molecule has 0 atom stereocenters. The van der Waals surface area contributed by atoms with Crippen LogP contribution in [0.25, 0.3) is 0 Å². The lowest BCUT2D eigenvalue weighted by molar-refractivity contribution is 0.172. The Balaban J connectivity index is 1.56. The second-order valence-electron chi connectivity index (χ2n) is 6.45. The van der Waals surface area contributed by atoms with Crippen LogP contribution in [0.5, 0.6) is 0 Å². The Morgan fingerprint density at radius 1 is 1.12 bits per heavy atom. The number of aliphatic imine (C=N–C) groups is 1. The van der Waals surface area contributed by atoms with Gasteiger partial charge in [0, 0.05) is 45.8 Å². The lowest BCUT2D eigenvalue weighted by atomic mass is 10.2. The lowest BCUT2D eigenvalue weighted by Crippen LogP contribution is -2.52. The van der Waals surface area contributed by atoms with E-state index in [1.165, 1.54) is 5.56 Å². The topological polar surface area (TPSA) is 61.6 Å². The van der Waals surface area contributed by atoms with Gasteiger partial charge in [-0.15, -0.1) is 10.2 Å². The number of rotatable bonds is 6. The summed E-state index contributed by atoms with van der Waals surface area (Å²) in [6.07, 6.45) is 1.76. The van der Waals surface area contributed by atoms with Crippen LogP contribution in [-0.4, -0.2) is 63.2 Å². The van der Waals surface area contributed by atoms with Crippen LogP contribution >= 0.6 is 0 Å². The summed E-state index contributed by atoms with van der Waals surface area (Å²) in [5, 5.41) is 11.6. The van der Waals surface area contributed by atoms with Gasteiger partial charge in [0.25, 0.3) is 0 Å². The average molecular weight is 355 g/mol. The summed E-state index contributed by atoms with van der Waals surface area (Å²) in [6.45, 7) is 11.6. The van der Waals surface area contributed by atoms with E-state index in [2.05, 4.69) is 69.5 Å². The fourth-order valence-corrected chi connectivity index (χ4v) is 3.20. The van der Waals surface area contributed by atoms with Gasteiger partial charge < -0.3 is 14.8 Å². The highest BCUT2D eigenvalue weighted by molar-refractivity contribution is 5.80. The van der Waals surface area contributed by atoms with Gasteiger partial charge in [0.05, 0.1) is 0 Å². The molecule has 1 N–H and O–H groups in total. The third-order valence-electron chi connectivity index (χ3n) is 4.66. The van der Waals surface area contributed by atoms with Crippen LogP contribution in [0.2, 0.25) is 0 Å². The van der Waals surface area contributed by atoms with Crippen LogP contribution in [0.1, 0.15) is 25.2 Å². The zero-order chi connectivity index (χ0) is 18.2. The van der Waals surface area contributed by atoms with Gasteiger partial charge in [0.2, 0.25) is 0 Å². The highest BCUT2D eigenvalue weighted by atomic mass is 15.4. The fourth-order valence-electron chi connectivity index (χ4n) is 3.20. The van der Waals surface area contributed by atoms with E-state index in [1.807, 2.05) is 4.57 Å². The molecule has 1 aliphatic heterocycles. The summed E-state index contributed by atoms with van der Waals surface area (Å²) >= 11 is 0. The highest BCUT2D eigenvalue weighted by Crippen LogP contribution is 2.09. The highest BCUT2D eigenvalue weighted by Gasteiger charge is 2.19. The van der Waals surface area contributed by atoms with Crippen molar-refractivity contribution in [2.75, 3.05) is 32.7 Å². The number of hydrogen-bond acceptors (Lipinski definition) is 4. The first-order chi connectivity index (χ1) is 12.8. The van der Waals surface area contributed by atoms with Crippen LogP contribution < -0.4 is 5.32 Å². The van der Waals surface area contributed by atoms with Crippen molar-refractivity contribution in [1.82, 2.24) is 29.9 Å². The monoisotopic (exact) mass is 355 g/mol. The molecule has 1 aliphatic rings. The first kappa shape index (κ1) is 18.4. The average Bonchev–Trinajstić information content (AvgIpc) is 3.14. The minimum absolute atomic E-state index is 0.556. The maximum absolute atomic E-state index is 4.79. The molecule has 0 unspecified atom stereocenters. The Labute approximate surface area is 155 Å². The Kier molecular flexibility index (Phi) is 6.60. The number of hydrogen-bond donors (Lipinski definition) is 1. The van der Waals surface area contributed by atoms with Crippen LogP contribution in [0.4, 0.5) is 0 Å². The molecular formula is C19H29N7. The first-order valence-corrected chi connectivity index (χ1v) is 9.46. The summed E-state index contributed by atoms with van der Waals surface area (Å²) in [7, 11) is 0. The molecular weight excluding hydrogens is 326 g/mol. The Bertz CT molecular complexity index is 687. The molecule has 2 aromatic rings. The van der Waals surface area contributed by atoms with E-state index in [4.69, 9.17) is 4.99 Å². The summed E-state index contributed by atoms with van der Waals surface area (Å²) in [5.41, 5.74) is 1.38. The molecule has 0 aliphatic carbocycles. The molecule has 0 spiro atoms. The molecule has 1 aromatic carbocycles. The second-order valence-corrected chi connectivity index (χ2v) is 6.45. The summed E-state index contributed by atoms with van der Waals surface area (Å²) in [5.74, 6) is 1.88. The maximum Gasteiger partial charge on any atom is 0.194 e. The predicted molar refractivity (Wildman–Crippen MR) is 104 cm³/mol. The van der Waals surface area contributed by atoms with Crippen molar-refractivity contribution in [1.29, 1.82) is 0 Å². The number of nitrogens with one attached hydrogen (secondary N) is 1. The van der Waals surface area contributed by atoms with Crippen molar-refractivity contribution in [3.05, 3.63) is 48.0 Å². The second kappa shape index (κ2) is 9.33. The minimum Gasteiger partial charge on any atom is -0.357 e. The number of benzene rings is 1. The van der Waals surface area contributed by atoms with E-state index < -0.39 is 0 Å². The van der Waals surface area contributed by atoms with Gasteiger partial charge in [-0.1, -0.05) is 30.3 Å². The van der Waals surface area contributed by atoms with E-state index in [0.29, 0.717) is 6.54 Å². The molecule has 0 bridgehead atoms. The smallest absolute Gasteiger partial charge is 0.194 e. The number of aryl methyl sites for hydroxylation is 1. The molecule has 1 fully saturated rings. The van der Waals surface area contributed by atoms with Crippen LogP contribution in [0, 0.1) is 0 Å². The van der Waals surface area contributed by atoms with E-state index in [9.17, 15) is 0 Å². The van der Waals surface area contributed by atoms with Gasteiger partial charge in [-0.25, -0.2) is 4.99 Å².